The maximum atomic E-state index is 11.4. The molecule has 2 aromatic rings. The molecular formula is C13H13NOS. The Morgan fingerprint density at radius 3 is 2.50 bits per heavy atom. The summed E-state index contributed by atoms with van der Waals surface area (Å²) in [6.07, 6.45) is 2.78. The summed E-state index contributed by atoms with van der Waals surface area (Å²) >= 11 is 1.55. The molecule has 1 aromatic carbocycles. The van der Waals surface area contributed by atoms with E-state index in [9.17, 15) is 4.79 Å². The molecule has 0 atom stereocenters. The second-order valence-electron chi connectivity index (χ2n) is 3.43. The molecule has 1 heterocycles. The zero-order valence-electron chi connectivity index (χ0n) is 8.87. The van der Waals surface area contributed by atoms with Crippen LogP contribution in [-0.4, -0.2) is 9.73 Å². The fourth-order valence-electron chi connectivity index (χ4n) is 1.43. The van der Waals surface area contributed by atoms with Crippen LogP contribution in [0.3, 0.4) is 0 Å². The lowest BCUT2D eigenvalue weighted by atomic mass is 10.2. The van der Waals surface area contributed by atoms with Gasteiger partial charge in [-0.15, -0.1) is 0 Å². The standard InChI is InChI=1S/C13H13NOS/c15-13-8-4-5-10-14(13)16-11-9-12-6-2-1-3-7-12/h1-8,10H,9,11H2. The van der Waals surface area contributed by atoms with E-state index in [-0.39, 0.29) is 5.56 Å². The molecule has 0 unspecified atom stereocenters. The molecule has 0 fully saturated rings. The molecule has 82 valence electrons. The molecule has 3 heteroatoms. The van der Waals surface area contributed by atoms with E-state index in [0.717, 1.165) is 12.2 Å². The second-order valence-corrected chi connectivity index (χ2v) is 4.49. The molecule has 2 rings (SSSR count). The van der Waals surface area contributed by atoms with Gasteiger partial charge in [-0.3, -0.25) is 8.77 Å². The molecule has 0 saturated heterocycles. The average molecular weight is 231 g/mol. The third-order valence-corrected chi connectivity index (χ3v) is 3.22. The van der Waals surface area contributed by atoms with Crippen LogP contribution < -0.4 is 5.56 Å². The SMILES string of the molecule is O=c1ccccn1SCCc1ccccc1. The first-order chi connectivity index (χ1) is 7.86. The van der Waals surface area contributed by atoms with Gasteiger partial charge in [0, 0.05) is 18.0 Å². The van der Waals surface area contributed by atoms with Gasteiger partial charge < -0.3 is 0 Å². The summed E-state index contributed by atoms with van der Waals surface area (Å²) in [6.45, 7) is 0. The molecule has 2 nitrogen and oxygen atoms in total. The van der Waals surface area contributed by atoms with E-state index in [1.807, 2.05) is 24.3 Å². The van der Waals surface area contributed by atoms with Crippen molar-refractivity contribution in [3.63, 3.8) is 0 Å². The predicted octanol–water partition coefficient (Wildman–Crippen LogP) is 2.59. The Morgan fingerprint density at radius 1 is 1.00 bits per heavy atom. The molecule has 0 amide bonds. The highest BCUT2D eigenvalue weighted by Crippen LogP contribution is 2.07. The Labute approximate surface area is 99.1 Å². The van der Waals surface area contributed by atoms with Gasteiger partial charge in [0.2, 0.25) is 0 Å². The highest BCUT2D eigenvalue weighted by molar-refractivity contribution is 7.97. The van der Waals surface area contributed by atoms with Crippen molar-refractivity contribution in [1.29, 1.82) is 0 Å². The Hall–Kier alpha value is -1.48. The third kappa shape index (κ3) is 3.00. The number of benzene rings is 1. The van der Waals surface area contributed by atoms with Gasteiger partial charge in [-0.05, 0) is 30.0 Å². The van der Waals surface area contributed by atoms with Crippen molar-refractivity contribution >= 4 is 11.9 Å². The normalized spacial score (nSPS) is 10.2. The van der Waals surface area contributed by atoms with E-state index < -0.39 is 0 Å². The zero-order chi connectivity index (χ0) is 11.2. The third-order valence-electron chi connectivity index (χ3n) is 2.25. The number of aromatic nitrogens is 1. The summed E-state index contributed by atoms with van der Waals surface area (Å²) in [7, 11) is 0. The minimum atomic E-state index is 0.0422. The highest BCUT2D eigenvalue weighted by Gasteiger charge is 1.96. The van der Waals surface area contributed by atoms with Gasteiger partial charge in [-0.25, -0.2) is 0 Å². The van der Waals surface area contributed by atoms with Crippen molar-refractivity contribution in [3.05, 3.63) is 70.6 Å². The summed E-state index contributed by atoms with van der Waals surface area (Å²) in [5, 5.41) is 0. The van der Waals surface area contributed by atoms with Gasteiger partial charge in [0.25, 0.3) is 5.56 Å². The Kier molecular flexibility index (Phi) is 3.83. The van der Waals surface area contributed by atoms with Crippen LogP contribution in [0.5, 0.6) is 0 Å². The molecule has 0 aliphatic carbocycles. The Bertz CT molecular complexity index is 493. The van der Waals surface area contributed by atoms with Crippen molar-refractivity contribution in [2.45, 2.75) is 6.42 Å². The van der Waals surface area contributed by atoms with E-state index >= 15 is 0 Å². The van der Waals surface area contributed by atoms with E-state index in [0.29, 0.717) is 0 Å². The lowest BCUT2D eigenvalue weighted by Gasteiger charge is -2.03. The smallest absolute Gasteiger partial charge is 0.260 e. The van der Waals surface area contributed by atoms with Crippen molar-refractivity contribution < 1.29 is 0 Å². The van der Waals surface area contributed by atoms with Crippen molar-refractivity contribution in [2.24, 2.45) is 0 Å². The van der Waals surface area contributed by atoms with Crippen LogP contribution in [0.1, 0.15) is 5.56 Å². The van der Waals surface area contributed by atoms with Crippen LogP contribution in [0.15, 0.2) is 59.5 Å². The lowest BCUT2D eigenvalue weighted by molar-refractivity contribution is 1.10. The minimum Gasteiger partial charge on any atom is -0.268 e. The second kappa shape index (κ2) is 5.56. The number of aryl methyl sites for hydroxylation is 1. The monoisotopic (exact) mass is 231 g/mol. The number of nitrogens with zero attached hydrogens (tertiary/aromatic N) is 1. The fraction of sp³-hybridized carbons (Fsp3) is 0.154. The summed E-state index contributed by atoms with van der Waals surface area (Å²) in [5.74, 6) is 0.911. The van der Waals surface area contributed by atoms with Gasteiger partial charge >= 0.3 is 0 Å². The van der Waals surface area contributed by atoms with Gasteiger partial charge in [0.05, 0.1) is 0 Å². The molecule has 0 radical (unpaired) electrons. The summed E-state index contributed by atoms with van der Waals surface area (Å²) in [4.78, 5) is 11.4. The van der Waals surface area contributed by atoms with Crippen LogP contribution in [-0.2, 0) is 6.42 Å². The highest BCUT2D eigenvalue weighted by atomic mass is 32.2. The van der Waals surface area contributed by atoms with Crippen LogP contribution in [0.2, 0.25) is 0 Å². The van der Waals surface area contributed by atoms with Crippen LogP contribution in [0, 0.1) is 0 Å². The van der Waals surface area contributed by atoms with Crippen LogP contribution in [0.25, 0.3) is 0 Å². The molecule has 0 aliphatic rings. The molecular weight excluding hydrogens is 218 g/mol. The number of rotatable bonds is 4. The lowest BCUT2D eigenvalue weighted by Crippen LogP contribution is -2.12. The Balaban J connectivity index is 1.90. The van der Waals surface area contributed by atoms with E-state index in [2.05, 4.69) is 12.1 Å². The minimum absolute atomic E-state index is 0.0422. The molecule has 0 bridgehead atoms. The first kappa shape index (κ1) is 11.0. The van der Waals surface area contributed by atoms with E-state index in [4.69, 9.17) is 0 Å². The number of pyridine rings is 1. The topological polar surface area (TPSA) is 22.0 Å². The van der Waals surface area contributed by atoms with Gasteiger partial charge in [-0.2, -0.15) is 0 Å². The number of hydrogen-bond donors (Lipinski definition) is 0. The van der Waals surface area contributed by atoms with E-state index in [1.54, 1.807) is 34.2 Å². The molecule has 0 saturated carbocycles. The predicted molar refractivity (Wildman–Crippen MR) is 68.7 cm³/mol. The molecule has 0 spiro atoms. The summed E-state index contributed by atoms with van der Waals surface area (Å²) < 4.78 is 1.67. The molecule has 1 aromatic heterocycles. The first-order valence-electron chi connectivity index (χ1n) is 5.21. The summed E-state index contributed by atoms with van der Waals surface area (Å²) in [6, 6.07) is 15.5. The quantitative estimate of drug-likeness (QED) is 0.807. The van der Waals surface area contributed by atoms with Gasteiger partial charge in [0.15, 0.2) is 0 Å². The van der Waals surface area contributed by atoms with Crippen molar-refractivity contribution in [2.75, 3.05) is 5.75 Å². The fourth-order valence-corrected chi connectivity index (χ4v) is 2.29. The van der Waals surface area contributed by atoms with Gasteiger partial charge in [-0.1, -0.05) is 36.4 Å². The number of hydrogen-bond acceptors (Lipinski definition) is 2. The molecule has 0 N–H and O–H groups in total. The zero-order valence-corrected chi connectivity index (χ0v) is 9.69. The molecule has 16 heavy (non-hydrogen) atoms. The Morgan fingerprint density at radius 2 is 1.75 bits per heavy atom. The summed E-state index contributed by atoms with van der Waals surface area (Å²) in [5.41, 5.74) is 1.35. The first-order valence-corrected chi connectivity index (χ1v) is 6.15. The maximum absolute atomic E-state index is 11.4. The molecule has 0 aliphatic heterocycles. The van der Waals surface area contributed by atoms with Gasteiger partial charge in [0.1, 0.15) is 0 Å². The van der Waals surface area contributed by atoms with E-state index in [1.165, 1.54) is 5.56 Å². The van der Waals surface area contributed by atoms with Crippen LogP contribution in [0.4, 0.5) is 0 Å². The van der Waals surface area contributed by atoms with Crippen LogP contribution >= 0.6 is 11.9 Å². The largest absolute Gasteiger partial charge is 0.268 e. The maximum Gasteiger partial charge on any atom is 0.260 e. The average Bonchev–Trinajstić information content (AvgIpc) is 2.33. The van der Waals surface area contributed by atoms with Crippen molar-refractivity contribution in [3.8, 4) is 0 Å². The van der Waals surface area contributed by atoms with Crippen molar-refractivity contribution in [1.82, 2.24) is 3.97 Å².